The van der Waals surface area contributed by atoms with Gasteiger partial charge in [0.1, 0.15) is 0 Å². The van der Waals surface area contributed by atoms with Crippen LogP contribution in [0.4, 0.5) is 5.69 Å². The molecule has 134 valence electrons. The summed E-state index contributed by atoms with van der Waals surface area (Å²) < 4.78 is 0. The lowest BCUT2D eigenvalue weighted by Gasteiger charge is -2.33. The van der Waals surface area contributed by atoms with E-state index in [0.29, 0.717) is 0 Å². The van der Waals surface area contributed by atoms with Gasteiger partial charge in [-0.05, 0) is 82.0 Å². The van der Waals surface area contributed by atoms with E-state index in [9.17, 15) is 0 Å². The van der Waals surface area contributed by atoms with E-state index < -0.39 is 0 Å². The molecule has 0 spiro atoms. The predicted octanol–water partition coefficient (Wildman–Crippen LogP) is 4.02. The van der Waals surface area contributed by atoms with Gasteiger partial charge in [0.05, 0.1) is 6.04 Å². The van der Waals surface area contributed by atoms with E-state index in [1.807, 2.05) is 12.3 Å². The molecule has 1 heterocycles. The number of likely N-dealkylation sites (N-methyl/N-ethyl adjacent to an activating group) is 1. The first-order valence-corrected chi connectivity index (χ1v) is 8.98. The van der Waals surface area contributed by atoms with Crippen LogP contribution in [0.3, 0.4) is 0 Å². The Morgan fingerprint density at radius 3 is 2.40 bits per heavy atom. The molecule has 0 saturated heterocycles. The van der Waals surface area contributed by atoms with Crippen LogP contribution >= 0.6 is 12.2 Å². The highest BCUT2D eigenvalue weighted by Crippen LogP contribution is 2.21. The summed E-state index contributed by atoms with van der Waals surface area (Å²) >= 11 is 5.75. The van der Waals surface area contributed by atoms with Gasteiger partial charge < -0.3 is 15.1 Å². The van der Waals surface area contributed by atoms with Gasteiger partial charge in [-0.25, -0.2) is 0 Å². The molecule has 1 atom stereocenters. The molecule has 0 unspecified atom stereocenters. The number of nitrogens with zero attached hydrogens (tertiary/aromatic N) is 3. The SMILES string of the molecule is Cc1cc(C)cc(NC(=S)N(CCN(C)C)[C@@H](C)c2cccnc2)c1. The van der Waals surface area contributed by atoms with Gasteiger partial charge in [0, 0.05) is 31.2 Å². The maximum absolute atomic E-state index is 5.75. The molecule has 1 N–H and O–H groups in total. The molecule has 0 bridgehead atoms. The average molecular weight is 357 g/mol. The molecule has 0 aliphatic carbocycles. The zero-order valence-electron chi connectivity index (χ0n) is 15.8. The largest absolute Gasteiger partial charge is 0.341 e. The summed E-state index contributed by atoms with van der Waals surface area (Å²) in [7, 11) is 4.15. The molecule has 0 radical (unpaired) electrons. The fraction of sp³-hybridized carbons (Fsp3) is 0.400. The van der Waals surface area contributed by atoms with Crippen LogP contribution in [-0.4, -0.2) is 47.1 Å². The minimum atomic E-state index is 0.152. The zero-order chi connectivity index (χ0) is 18.4. The first-order valence-electron chi connectivity index (χ1n) is 8.57. The molecule has 1 aromatic carbocycles. The van der Waals surface area contributed by atoms with Gasteiger partial charge >= 0.3 is 0 Å². The van der Waals surface area contributed by atoms with E-state index in [4.69, 9.17) is 12.2 Å². The van der Waals surface area contributed by atoms with Crippen molar-refractivity contribution >= 4 is 23.0 Å². The third-order valence-electron chi connectivity index (χ3n) is 4.16. The second-order valence-electron chi connectivity index (χ2n) is 6.77. The second-order valence-corrected chi connectivity index (χ2v) is 7.15. The number of pyridine rings is 1. The topological polar surface area (TPSA) is 31.4 Å². The quantitative estimate of drug-likeness (QED) is 0.790. The Morgan fingerprint density at radius 2 is 1.84 bits per heavy atom. The van der Waals surface area contributed by atoms with Crippen molar-refractivity contribution in [3.05, 3.63) is 59.4 Å². The number of aryl methyl sites for hydroxylation is 2. The van der Waals surface area contributed by atoms with Crippen LogP contribution in [-0.2, 0) is 0 Å². The fourth-order valence-electron chi connectivity index (χ4n) is 2.82. The Labute approximate surface area is 156 Å². The predicted molar refractivity (Wildman–Crippen MR) is 110 cm³/mol. The molecule has 0 aliphatic heterocycles. The van der Waals surface area contributed by atoms with Crippen LogP contribution in [0.25, 0.3) is 0 Å². The Balaban J connectivity index is 2.19. The molecular weight excluding hydrogens is 328 g/mol. The molecule has 4 nitrogen and oxygen atoms in total. The van der Waals surface area contributed by atoms with E-state index in [0.717, 1.165) is 29.5 Å². The van der Waals surface area contributed by atoms with Crippen LogP contribution in [0.1, 0.15) is 29.7 Å². The van der Waals surface area contributed by atoms with Gasteiger partial charge in [0.15, 0.2) is 5.11 Å². The standard InChI is InChI=1S/C20H28N4S/c1-15-11-16(2)13-19(12-15)22-20(25)24(10-9-23(4)5)17(3)18-7-6-8-21-14-18/h6-8,11-14,17H,9-10H2,1-5H3,(H,22,25)/t17-/m0/s1. The Hall–Kier alpha value is -1.98. The lowest BCUT2D eigenvalue weighted by Crippen LogP contribution is -2.41. The highest BCUT2D eigenvalue weighted by Gasteiger charge is 2.19. The number of benzene rings is 1. The summed E-state index contributed by atoms with van der Waals surface area (Å²) in [5, 5.41) is 4.16. The Morgan fingerprint density at radius 1 is 1.16 bits per heavy atom. The molecule has 2 rings (SSSR count). The summed E-state index contributed by atoms with van der Waals surface area (Å²) in [4.78, 5) is 8.64. The molecule has 2 aromatic rings. The summed E-state index contributed by atoms with van der Waals surface area (Å²) in [5.74, 6) is 0. The van der Waals surface area contributed by atoms with Crippen molar-refractivity contribution in [1.29, 1.82) is 0 Å². The maximum Gasteiger partial charge on any atom is 0.173 e. The lowest BCUT2D eigenvalue weighted by molar-refractivity contribution is 0.289. The van der Waals surface area contributed by atoms with Crippen molar-refractivity contribution in [2.75, 3.05) is 32.5 Å². The van der Waals surface area contributed by atoms with Gasteiger partial charge in [0.25, 0.3) is 0 Å². The highest BCUT2D eigenvalue weighted by molar-refractivity contribution is 7.80. The minimum Gasteiger partial charge on any atom is -0.341 e. The van der Waals surface area contributed by atoms with E-state index >= 15 is 0 Å². The monoisotopic (exact) mass is 356 g/mol. The van der Waals surface area contributed by atoms with E-state index in [1.165, 1.54) is 11.1 Å². The lowest BCUT2D eigenvalue weighted by atomic mass is 10.1. The first kappa shape index (κ1) is 19.3. The van der Waals surface area contributed by atoms with E-state index in [-0.39, 0.29) is 6.04 Å². The van der Waals surface area contributed by atoms with Crippen LogP contribution in [0.2, 0.25) is 0 Å². The van der Waals surface area contributed by atoms with Gasteiger partial charge in [-0.15, -0.1) is 0 Å². The minimum absolute atomic E-state index is 0.152. The van der Waals surface area contributed by atoms with Crippen molar-refractivity contribution in [1.82, 2.24) is 14.8 Å². The number of aromatic nitrogens is 1. The molecule has 1 aromatic heterocycles. The summed E-state index contributed by atoms with van der Waals surface area (Å²) in [6, 6.07) is 10.6. The molecule has 0 fully saturated rings. The number of nitrogens with one attached hydrogen (secondary N) is 1. The van der Waals surface area contributed by atoms with E-state index in [2.05, 4.69) is 79.2 Å². The van der Waals surface area contributed by atoms with Crippen molar-refractivity contribution in [3.8, 4) is 0 Å². The Bertz CT molecular complexity index is 680. The van der Waals surface area contributed by atoms with Crippen LogP contribution in [0.15, 0.2) is 42.7 Å². The third-order valence-corrected chi connectivity index (χ3v) is 4.49. The number of thiocarbonyl (C=S) groups is 1. The summed E-state index contributed by atoms with van der Waals surface area (Å²) in [6.07, 6.45) is 3.71. The normalized spacial score (nSPS) is 12.1. The number of hydrogen-bond donors (Lipinski definition) is 1. The maximum atomic E-state index is 5.75. The van der Waals surface area contributed by atoms with Gasteiger partial charge in [-0.3, -0.25) is 4.98 Å². The third kappa shape index (κ3) is 5.80. The van der Waals surface area contributed by atoms with Crippen molar-refractivity contribution < 1.29 is 0 Å². The van der Waals surface area contributed by atoms with Crippen molar-refractivity contribution in [2.24, 2.45) is 0 Å². The average Bonchev–Trinajstić information content (AvgIpc) is 2.54. The number of rotatable bonds is 6. The smallest absolute Gasteiger partial charge is 0.173 e. The second kappa shape index (κ2) is 8.92. The summed E-state index contributed by atoms with van der Waals surface area (Å²) in [5.41, 5.74) is 4.65. The van der Waals surface area contributed by atoms with Crippen LogP contribution in [0, 0.1) is 13.8 Å². The molecular formula is C20H28N4S. The van der Waals surface area contributed by atoms with Crippen molar-refractivity contribution in [2.45, 2.75) is 26.8 Å². The van der Waals surface area contributed by atoms with Crippen LogP contribution in [0.5, 0.6) is 0 Å². The first-order chi connectivity index (χ1) is 11.9. The number of hydrogen-bond acceptors (Lipinski definition) is 3. The van der Waals surface area contributed by atoms with Gasteiger partial charge in [-0.1, -0.05) is 12.1 Å². The molecule has 25 heavy (non-hydrogen) atoms. The zero-order valence-corrected chi connectivity index (χ0v) is 16.6. The molecule has 0 saturated carbocycles. The van der Waals surface area contributed by atoms with Gasteiger partial charge in [0.2, 0.25) is 0 Å². The van der Waals surface area contributed by atoms with Gasteiger partial charge in [-0.2, -0.15) is 0 Å². The van der Waals surface area contributed by atoms with Crippen molar-refractivity contribution in [3.63, 3.8) is 0 Å². The molecule has 0 aliphatic rings. The summed E-state index contributed by atoms with van der Waals surface area (Å²) in [6.45, 7) is 8.15. The molecule has 5 heteroatoms. The molecule has 0 amide bonds. The van der Waals surface area contributed by atoms with Crippen LogP contribution < -0.4 is 5.32 Å². The number of anilines is 1. The fourth-order valence-corrected chi connectivity index (χ4v) is 3.19. The van der Waals surface area contributed by atoms with E-state index in [1.54, 1.807) is 6.20 Å². The Kier molecular flexibility index (Phi) is 6.91. The highest BCUT2D eigenvalue weighted by atomic mass is 32.1.